The van der Waals surface area contributed by atoms with Gasteiger partial charge < -0.3 is 21.1 Å². The van der Waals surface area contributed by atoms with Gasteiger partial charge in [0.15, 0.2) is 0 Å². The topological polar surface area (TPSA) is 93.5 Å². The molecule has 0 spiro atoms. The number of benzene rings is 1. The monoisotopic (exact) mass is 265 g/mol. The molecule has 4 N–H and O–H groups in total. The minimum absolute atomic E-state index is 0.0729. The Bertz CT molecular complexity index is 431. The minimum atomic E-state index is -0.354. The Balaban J connectivity index is 2.46. The lowest BCUT2D eigenvalue weighted by atomic mass is 10.1. The summed E-state index contributed by atoms with van der Waals surface area (Å²) in [7, 11) is 1.60. The molecule has 104 valence electrons. The fourth-order valence-corrected chi connectivity index (χ4v) is 1.52. The van der Waals surface area contributed by atoms with Gasteiger partial charge in [0.25, 0.3) is 0 Å². The second-order valence-electron chi connectivity index (χ2n) is 4.04. The molecule has 0 fully saturated rings. The Morgan fingerprint density at radius 1 is 1.26 bits per heavy atom. The summed E-state index contributed by atoms with van der Waals surface area (Å²) < 4.78 is 5.06. The highest BCUT2D eigenvalue weighted by Crippen LogP contribution is 2.16. The van der Waals surface area contributed by atoms with Gasteiger partial charge in [-0.1, -0.05) is 12.1 Å². The molecule has 0 heterocycles. The molecule has 19 heavy (non-hydrogen) atoms. The average molecular weight is 265 g/mol. The quantitative estimate of drug-likeness (QED) is 0.672. The lowest BCUT2D eigenvalue weighted by Gasteiger charge is -2.15. The van der Waals surface area contributed by atoms with Crippen LogP contribution in [0.3, 0.4) is 0 Å². The number of ether oxygens (including phenoxy) is 1. The van der Waals surface area contributed by atoms with Crippen molar-refractivity contribution in [1.82, 2.24) is 10.6 Å². The van der Waals surface area contributed by atoms with Crippen LogP contribution in [0.5, 0.6) is 5.75 Å². The van der Waals surface area contributed by atoms with Crippen molar-refractivity contribution in [1.29, 1.82) is 0 Å². The van der Waals surface area contributed by atoms with Gasteiger partial charge in [0.2, 0.25) is 11.8 Å². The third-order valence-corrected chi connectivity index (χ3v) is 2.62. The van der Waals surface area contributed by atoms with Crippen LogP contribution in [0.4, 0.5) is 0 Å². The highest BCUT2D eigenvalue weighted by molar-refractivity contribution is 5.85. The Morgan fingerprint density at radius 3 is 2.42 bits per heavy atom. The van der Waals surface area contributed by atoms with E-state index in [2.05, 4.69) is 10.6 Å². The second-order valence-corrected chi connectivity index (χ2v) is 4.04. The molecular formula is C13H19N3O3. The van der Waals surface area contributed by atoms with Crippen LogP contribution in [0.25, 0.3) is 0 Å². The number of amides is 2. The van der Waals surface area contributed by atoms with Gasteiger partial charge in [-0.3, -0.25) is 9.59 Å². The Kier molecular flexibility index (Phi) is 5.81. The number of nitrogens with two attached hydrogens (primary N) is 1. The predicted molar refractivity (Wildman–Crippen MR) is 71.6 cm³/mol. The van der Waals surface area contributed by atoms with E-state index in [-0.39, 0.29) is 30.9 Å². The normalized spacial score (nSPS) is 11.5. The van der Waals surface area contributed by atoms with Crippen LogP contribution in [-0.2, 0) is 9.59 Å². The summed E-state index contributed by atoms with van der Waals surface area (Å²) in [5.41, 5.74) is 6.08. The van der Waals surface area contributed by atoms with Crippen molar-refractivity contribution in [2.45, 2.75) is 13.0 Å². The number of carbonyl (C=O) groups is 2. The van der Waals surface area contributed by atoms with E-state index in [9.17, 15) is 9.59 Å². The predicted octanol–water partition coefficient (Wildman–Crippen LogP) is -0.0527. The zero-order valence-electron chi connectivity index (χ0n) is 11.1. The fourth-order valence-electron chi connectivity index (χ4n) is 1.52. The lowest BCUT2D eigenvalue weighted by Crippen LogP contribution is -2.40. The number of hydrogen-bond donors (Lipinski definition) is 3. The van der Waals surface area contributed by atoms with Gasteiger partial charge in [0.1, 0.15) is 5.75 Å². The van der Waals surface area contributed by atoms with Crippen molar-refractivity contribution in [3.05, 3.63) is 29.8 Å². The molecule has 0 aliphatic heterocycles. The summed E-state index contributed by atoms with van der Waals surface area (Å²) in [4.78, 5) is 22.5. The van der Waals surface area contributed by atoms with Crippen LogP contribution in [-0.4, -0.2) is 32.0 Å². The molecule has 0 aliphatic carbocycles. The van der Waals surface area contributed by atoms with E-state index in [0.717, 1.165) is 11.3 Å². The average Bonchev–Trinajstić information content (AvgIpc) is 2.44. The maximum Gasteiger partial charge on any atom is 0.239 e. The van der Waals surface area contributed by atoms with Crippen molar-refractivity contribution in [2.24, 2.45) is 5.73 Å². The highest BCUT2D eigenvalue weighted by Gasteiger charge is 2.10. The molecular weight excluding hydrogens is 246 g/mol. The Hall–Kier alpha value is -2.08. The molecule has 0 bridgehead atoms. The molecule has 2 amide bonds. The van der Waals surface area contributed by atoms with Crippen LogP contribution in [0.2, 0.25) is 0 Å². The van der Waals surface area contributed by atoms with Crippen LogP contribution >= 0.6 is 0 Å². The van der Waals surface area contributed by atoms with E-state index >= 15 is 0 Å². The van der Waals surface area contributed by atoms with Crippen LogP contribution in [0, 0.1) is 0 Å². The minimum Gasteiger partial charge on any atom is -0.497 e. The fraction of sp³-hybridized carbons (Fsp3) is 0.385. The van der Waals surface area contributed by atoms with Gasteiger partial charge in [-0.15, -0.1) is 0 Å². The summed E-state index contributed by atoms with van der Waals surface area (Å²) >= 11 is 0. The van der Waals surface area contributed by atoms with Crippen molar-refractivity contribution in [3.8, 4) is 5.75 Å². The van der Waals surface area contributed by atoms with Crippen molar-refractivity contribution < 1.29 is 14.3 Å². The molecule has 0 saturated heterocycles. The first-order valence-corrected chi connectivity index (χ1v) is 5.97. The van der Waals surface area contributed by atoms with Gasteiger partial charge in [-0.2, -0.15) is 0 Å². The smallest absolute Gasteiger partial charge is 0.239 e. The van der Waals surface area contributed by atoms with Crippen molar-refractivity contribution >= 4 is 11.8 Å². The zero-order valence-corrected chi connectivity index (χ0v) is 11.1. The lowest BCUT2D eigenvalue weighted by molar-refractivity contribution is -0.125. The van der Waals surface area contributed by atoms with Gasteiger partial charge in [0, 0.05) is 0 Å². The van der Waals surface area contributed by atoms with E-state index in [4.69, 9.17) is 10.5 Å². The summed E-state index contributed by atoms with van der Waals surface area (Å²) in [6, 6.07) is 7.26. The zero-order chi connectivity index (χ0) is 14.3. The molecule has 0 saturated carbocycles. The molecule has 0 unspecified atom stereocenters. The molecule has 6 nitrogen and oxygen atoms in total. The second kappa shape index (κ2) is 7.38. The maximum absolute atomic E-state index is 11.6. The molecule has 6 heteroatoms. The summed E-state index contributed by atoms with van der Waals surface area (Å²) in [6.07, 6.45) is 0. The number of rotatable bonds is 6. The van der Waals surface area contributed by atoms with Crippen molar-refractivity contribution in [3.63, 3.8) is 0 Å². The Labute approximate surface area is 112 Å². The number of carbonyl (C=O) groups excluding carboxylic acids is 2. The van der Waals surface area contributed by atoms with Crippen LogP contribution in [0.15, 0.2) is 24.3 Å². The number of hydrogen-bond acceptors (Lipinski definition) is 4. The molecule has 0 radical (unpaired) electrons. The summed E-state index contributed by atoms with van der Waals surface area (Å²) in [5.74, 6) is 0.148. The molecule has 0 aliphatic rings. The van der Waals surface area contributed by atoms with Gasteiger partial charge in [-0.25, -0.2) is 0 Å². The number of nitrogens with one attached hydrogen (secondary N) is 2. The molecule has 1 atom stereocenters. The maximum atomic E-state index is 11.6. The third-order valence-electron chi connectivity index (χ3n) is 2.62. The molecule has 0 aromatic heterocycles. The van der Waals surface area contributed by atoms with Gasteiger partial charge in [0.05, 0.1) is 26.2 Å². The molecule has 1 rings (SSSR count). The van der Waals surface area contributed by atoms with E-state index in [1.165, 1.54) is 0 Å². The first-order valence-electron chi connectivity index (χ1n) is 5.97. The van der Waals surface area contributed by atoms with Crippen LogP contribution in [0.1, 0.15) is 18.5 Å². The SMILES string of the molecule is COc1ccc([C@H](C)NC(=O)CNC(=O)CN)cc1. The van der Waals surface area contributed by atoms with Crippen LogP contribution < -0.4 is 21.1 Å². The largest absolute Gasteiger partial charge is 0.497 e. The standard InChI is InChI=1S/C13H19N3O3/c1-9(10-3-5-11(19-2)6-4-10)16-13(18)8-15-12(17)7-14/h3-6,9H,7-8,14H2,1-2H3,(H,15,17)(H,16,18)/t9-/m0/s1. The van der Waals surface area contributed by atoms with E-state index < -0.39 is 0 Å². The van der Waals surface area contributed by atoms with Crippen molar-refractivity contribution in [2.75, 3.05) is 20.2 Å². The van der Waals surface area contributed by atoms with Gasteiger partial charge >= 0.3 is 0 Å². The van der Waals surface area contributed by atoms with E-state index in [1.807, 2.05) is 31.2 Å². The summed E-state index contributed by atoms with van der Waals surface area (Å²) in [5, 5.41) is 5.19. The third kappa shape index (κ3) is 4.97. The molecule has 1 aromatic rings. The first-order chi connectivity index (χ1) is 9.06. The van der Waals surface area contributed by atoms with E-state index in [0.29, 0.717) is 0 Å². The van der Waals surface area contributed by atoms with Gasteiger partial charge in [-0.05, 0) is 24.6 Å². The highest BCUT2D eigenvalue weighted by atomic mass is 16.5. The summed E-state index contributed by atoms with van der Waals surface area (Å²) in [6.45, 7) is 1.67. The van der Waals surface area contributed by atoms with E-state index in [1.54, 1.807) is 7.11 Å². The number of methoxy groups -OCH3 is 1. The first kappa shape index (κ1) is 15.0. The molecule has 1 aromatic carbocycles. The Morgan fingerprint density at radius 2 is 1.89 bits per heavy atom.